The summed E-state index contributed by atoms with van der Waals surface area (Å²) in [6.45, 7) is 0. The molecule has 9 aromatic carbocycles. The van der Waals surface area contributed by atoms with Crippen molar-refractivity contribution in [2.45, 2.75) is 0 Å². The predicted molar refractivity (Wildman–Crippen MR) is 244 cm³/mol. The third kappa shape index (κ3) is 5.10. The summed E-state index contributed by atoms with van der Waals surface area (Å²) in [4.78, 5) is 0. The molecule has 0 N–H and O–H groups in total. The van der Waals surface area contributed by atoms with Gasteiger partial charge in [-0.05, 0) is 68.3 Å². The molecule has 0 atom stereocenters. The highest BCUT2D eigenvalue weighted by Gasteiger charge is 2.44. The van der Waals surface area contributed by atoms with Crippen LogP contribution in [0.1, 0.15) is 0 Å². The first kappa shape index (κ1) is 33.2. The lowest BCUT2D eigenvalue weighted by atomic mass is 10.0. The van der Waals surface area contributed by atoms with Crippen LogP contribution in [0.5, 0.6) is 0 Å². The Morgan fingerprint density at radius 1 is 0.298 bits per heavy atom. The molecule has 0 radical (unpaired) electrons. The highest BCUT2D eigenvalue weighted by atomic mass is 28.3. The van der Waals surface area contributed by atoms with Crippen LogP contribution in [0, 0.1) is 0 Å². The first-order chi connectivity index (χ1) is 28.3. The van der Waals surface area contributed by atoms with Crippen molar-refractivity contribution in [3.8, 4) is 22.5 Å². The van der Waals surface area contributed by atoms with E-state index in [1.165, 1.54) is 75.5 Å². The van der Waals surface area contributed by atoms with Crippen molar-refractivity contribution in [2.24, 2.45) is 0 Å². The van der Waals surface area contributed by atoms with Gasteiger partial charge in [-0.2, -0.15) is 0 Å². The topological polar surface area (TPSA) is 9.86 Å². The molecular formula is C54H38N2Si. The van der Waals surface area contributed by atoms with Crippen LogP contribution in [-0.4, -0.2) is 17.2 Å². The Hall–Kier alpha value is -7.20. The van der Waals surface area contributed by atoms with Gasteiger partial charge < -0.3 is 9.13 Å². The summed E-state index contributed by atoms with van der Waals surface area (Å²) in [6.07, 6.45) is 0. The van der Waals surface area contributed by atoms with Gasteiger partial charge >= 0.3 is 0 Å². The maximum Gasteiger partial charge on any atom is 0.181 e. The Morgan fingerprint density at radius 2 is 0.754 bits per heavy atom. The smallest absolute Gasteiger partial charge is 0.181 e. The highest BCUT2D eigenvalue weighted by Crippen LogP contribution is 2.40. The summed E-state index contributed by atoms with van der Waals surface area (Å²) in [7, 11) is -3.06. The van der Waals surface area contributed by atoms with Crippen molar-refractivity contribution in [3.63, 3.8) is 0 Å². The van der Waals surface area contributed by atoms with Gasteiger partial charge in [-0.25, -0.2) is 0 Å². The minimum absolute atomic E-state index is 1.14. The monoisotopic (exact) mass is 742 g/mol. The van der Waals surface area contributed by atoms with Gasteiger partial charge in [0, 0.05) is 27.2 Å². The maximum absolute atomic E-state index is 3.06. The van der Waals surface area contributed by atoms with Crippen molar-refractivity contribution >= 4 is 72.4 Å². The van der Waals surface area contributed by atoms with Gasteiger partial charge in [0.25, 0.3) is 0 Å². The highest BCUT2D eigenvalue weighted by molar-refractivity contribution is 7.20. The lowest BCUT2D eigenvalue weighted by Gasteiger charge is -2.35. The molecule has 3 heteroatoms. The van der Waals surface area contributed by atoms with Crippen molar-refractivity contribution < 1.29 is 0 Å². The average molecular weight is 743 g/mol. The van der Waals surface area contributed by atoms with Gasteiger partial charge in [0.15, 0.2) is 8.07 Å². The third-order valence-electron chi connectivity index (χ3n) is 11.8. The Morgan fingerprint density at radius 3 is 1.33 bits per heavy atom. The molecule has 0 aliphatic rings. The summed E-state index contributed by atoms with van der Waals surface area (Å²) in [6, 6.07) is 85.4. The number of fused-ring (bicyclic) bond motifs is 6. The summed E-state index contributed by atoms with van der Waals surface area (Å²) in [5.74, 6) is 0. The molecule has 11 aromatic rings. The predicted octanol–water partition coefficient (Wildman–Crippen LogP) is 10.9. The van der Waals surface area contributed by atoms with E-state index in [1.807, 2.05) is 0 Å². The Balaban J connectivity index is 1.40. The van der Waals surface area contributed by atoms with E-state index < -0.39 is 8.07 Å². The zero-order valence-corrected chi connectivity index (χ0v) is 32.3. The number of para-hydroxylation sites is 4. The fourth-order valence-electron chi connectivity index (χ4n) is 9.49. The van der Waals surface area contributed by atoms with Crippen LogP contribution in [0.3, 0.4) is 0 Å². The Labute approximate surface area is 333 Å². The fraction of sp³-hybridized carbons (Fsp3) is 0. The summed E-state index contributed by atoms with van der Waals surface area (Å²) < 4.78 is 5.07. The fourth-order valence-corrected chi connectivity index (χ4v) is 14.5. The molecule has 0 amide bonds. The van der Waals surface area contributed by atoms with E-state index in [0.29, 0.717) is 0 Å². The zero-order valence-electron chi connectivity index (χ0n) is 31.3. The number of rotatable bonds is 7. The molecule has 0 saturated heterocycles. The molecule has 11 rings (SSSR count). The standard InChI is InChI=1S/C54H38N2Si/c1-6-21-39(22-7-1)40-37-48-46-32-17-19-35-50(46)56(51-36-20-33-47-45-31-16-18-34-49(45)55(53(47)51)41-23-8-2-9-24-41)54(48)52(38-40)57(42-25-10-3-11-26-42,43-27-12-4-13-28-43)44-29-14-5-15-30-44/h1-38H. The van der Waals surface area contributed by atoms with Crippen LogP contribution < -0.4 is 20.7 Å². The van der Waals surface area contributed by atoms with Crippen LogP contribution in [0.25, 0.3) is 66.1 Å². The van der Waals surface area contributed by atoms with E-state index in [9.17, 15) is 0 Å². The van der Waals surface area contributed by atoms with Crippen LogP contribution in [0.2, 0.25) is 0 Å². The quantitative estimate of drug-likeness (QED) is 0.114. The molecule has 0 aliphatic carbocycles. The minimum atomic E-state index is -3.06. The number of hydrogen-bond acceptors (Lipinski definition) is 0. The first-order valence-electron chi connectivity index (χ1n) is 19.7. The number of aromatic nitrogens is 2. The third-order valence-corrected chi connectivity index (χ3v) is 16.6. The Kier molecular flexibility index (Phi) is 7.87. The molecule has 0 bridgehead atoms. The second-order valence-corrected chi connectivity index (χ2v) is 18.6. The molecule has 2 heterocycles. The number of hydrogen-bond donors (Lipinski definition) is 0. The van der Waals surface area contributed by atoms with Gasteiger partial charge in [0.2, 0.25) is 0 Å². The van der Waals surface area contributed by atoms with Gasteiger partial charge in [-0.15, -0.1) is 0 Å². The minimum Gasteiger partial charge on any atom is -0.307 e. The molecule has 2 aromatic heterocycles. The van der Waals surface area contributed by atoms with E-state index in [0.717, 1.165) is 11.4 Å². The van der Waals surface area contributed by atoms with Gasteiger partial charge in [-0.1, -0.05) is 194 Å². The second-order valence-electron chi connectivity index (χ2n) is 14.8. The lowest BCUT2D eigenvalue weighted by Crippen LogP contribution is -2.75. The molecule has 0 aliphatic heterocycles. The van der Waals surface area contributed by atoms with E-state index in [2.05, 4.69) is 240 Å². The normalized spacial score (nSPS) is 11.9. The molecule has 0 saturated carbocycles. The summed E-state index contributed by atoms with van der Waals surface area (Å²) in [5, 5.41) is 10.4. The van der Waals surface area contributed by atoms with Crippen LogP contribution in [0.4, 0.5) is 0 Å². The zero-order chi connectivity index (χ0) is 37.8. The lowest BCUT2D eigenvalue weighted by molar-refractivity contribution is 1.13. The van der Waals surface area contributed by atoms with Crippen LogP contribution in [-0.2, 0) is 0 Å². The SMILES string of the molecule is c1ccc(-c2cc([Si](c3ccccc3)(c3ccccc3)c3ccccc3)c3c(c2)c2ccccc2n3-c2cccc3c4ccccc4n(-c4ccccc4)c23)cc1. The van der Waals surface area contributed by atoms with Gasteiger partial charge in [0.1, 0.15) is 0 Å². The average Bonchev–Trinajstić information content (AvgIpc) is 3.82. The van der Waals surface area contributed by atoms with E-state index in [1.54, 1.807) is 0 Å². The van der Waals surface area contributed by atoms with E-state index in [4.69, 9.17) is 0 Å². The van der Waals surface area contributed by atoms with Crippen molar-refractivity contribution in [2.75, 3.05) is 0 Å². The molecule has 268 valence electrons. The van der Waals surface area contributed by atoms with Crippen molar-refractivity contribution in [1.82, 2.24) is 9.13 Å². The van der Waals surface area contributed by atoms with Crippen molar-refractivity contribution in [1.29, 1.82) is 0 Å². The van der Waals surface area contributed by atoms with Crippen LogP contribution in [0.15, 0.2) is 231 Å². The number of nitrogens with zero attached hydrogens (tertiary/aromatic N) is 2. The number of benzene rings is 9. The van der Waals surface area contributed by atoms with Gasteiger partial charge in [-0.3, -0.25) is 0 Å². The largest absolute Gasteiger partial charge is 0.307 e. The van der Waals surface area contributed by atoms with Gasteiger partial charge in [0.05, 0.1) is 27.8 Å². The maximum atomic E-state index is 2.60. The summed E-state index contributed by atoms with van der Waals surface area (Å²) >= 11 is 0. The molecule has 0 spiro atoms. The Bertz CT molecular complexity index is 3110. The molecule has 2 nitrogen and oxygen atoms in total. The molecule has 0 fully saturated rings. The molecular weight excluding hydrogens is 705 g/mol. The summed E-state index contributed by atoms with van der Waals surface area (Å²) in [5.41, 5.74) is 9.55. The molecule has 57 heavy (non-hydrogen) atoms. The van der Waals surface area contributed by atoms with Crippen LogP contribution >= 0.6 is 0 Å². The van der Waals surface area contributed by atoms with E-state index >= 15 is 0 Å². The van der Waals surface area contributed by atoms with Crippen molar-refractivity contribution in [3.05, 3.63) is 231 Å². The van der Waals surface area contributed by atoms with E-state index in [-0.39, 0.29) is 0 Å². The first-order valence-corrected chi connectivity index (χ1v) is 21.7. The molecule has 0 unspecified atom stereocenters. The second kappa shape index (κ2) is 13.5.